The summed E-state index contributed by atoms with van der Waals surface area (Å²) in [6, 6.07) is -1.12. The summed E-state index contributed by atoms with van der Waals surface area (Å²) >= 11 is 4.46. The van der Waals surface area contributed by atoms with E-state index in [-0.39, 0.29) is 34.7 Å². The molecule has 4 rings (SSSR count). The maximum atomic E-state index is 13.1. The minimum atomic E-state index is -1.40. The number of aromatic nitrogens is 4. The molecule has 2 aliphatic rings. The Morgan fingerprint density at radius 2 is 1.98 bits per heavy atom. The van der Waals surface area contributed by atoms with Crippen molar-refractivity contribution >= 4 is 87.1 Å². The molecule has 22 heteroatoms. The fourth-order valence-corrected chi connectivity index (χ4v) is 7.43. The monoisotopic (exact) mass is 701 g/mol. The number of rotatable bonds is 12. The van der Waals surface area contributed by atoms with Gasteiger partial charge in [-0.05, 0) is 33.3 Å². The quantitative estimate of drug-likeness (QED) is 0.0883. The molecule has 2 unspecified atom stereocenters. The van der Waals surface area contributed by atoms with E-state index in [1.165, 1.54) is 41.8 Å². The number of anilines is 1. The van der Waals surface area contributed by atoms with Gasteiger partial charge in [-0.2, -0.15) is 9.36 Å². The number of nitrogens with one attached hydrogen (secondary N) is 2. The molecule has 3 amide bonds. The number of fused-ring (bicyclic) bond motifs is 1. The van der Waals surface area contributed by atoms with Gasteiger partial charge < -0.3 is 36.2 Å². The number of ether oxygens (including phenoxy) is 1. The van der Waals surface area contributed by atoms with Gasteiger partial charge in [-0.25, -0.2) is 14.4 Å². The van der Waals surface area contributed by atoms with Gasteiger partial charge in [0.2, 0.25) is 17.6 Å². The Hall–Kier alpha value is -4.02. The first-order valence-electron chi connectivity index (χ1n) is 12.8. The number of thioether (sulfide) groups is 2. The van der Waals surface area contributed by atoms with Gasteiger partial charge in [-0.15, -0.1) is 22.0 Å². The number of nitrogen functional groups attached to an aromatic ring is 1. The van der Waals surface area contributed by atoms with Crippen molar-refractivity contribution in [2.75, 3.05) is 17.2 Å². The molecule has 2 aromatic rings. The Kier molecular flexibility index (Phi) is 10.5. The zero-order chi connectivity index (χ0) is 33.1. The number of aliphatic carboxylic acids is 2. The van der Waals surface area contributed by atoms with Crippen LogP contribution in [0, 0.1) is 0 Å². The highest BCUT2D eigenvalue weighted by Crippen LogP contribution is 2.41. The number of hydrogen-bond donors (Lipinski definition) is 5. The zero-order valence-corrected chi connectivity index (χ0v) is 27.3. The van der Waals surface area contributed by atoms with Crippen LogP contribution >= 0.6 is 46.4 Å². The lowest BCUT2D eigenvalue weighted by Crippen LogP contribution is -2.71. The molecule has 1 fully saturated rings. The van der Waals surface area contributed by atoms with Crippen LogP contribution in [0.4, 0.5) is 9.93 Å². The van der Waals surface area contributed by atoms with Gasteiger partial charge in [-0.3, -0.25) is 14.5 Å². The molecule has 6 N–H and O–H groups in total. The first kappa shape index (κ1) is 33.9. The first-order chi connectivity index (χ1) is 21.1. The predicted molar refractivity (Wildman–Crippen MR) is 162 cm³/mol. The molecule has 2 aliphatic heterocycles. The SMILES string of the molecule is CC(O/N=C(\C(=O)NC1C(=O)N2C(C(=O)O)=C(CSc3nnc(CNC(=O)OC(C)(C)C)s3)CS[C@H]12)c1nsc(N)n1)C(=O)O. The highest BCUT2D eigenvalue weighted by atomic mass is 32.2. The molecule has 1 saturated heterocycles. The normalized spacial score (nSPS) is 18.9. The summed E-state index contributed by atoms with van der Waals surface area (Å²) in [4.78, 5) is 71.3. The number of oxime groups is 1. The van der Waals surface area contributed by atoms with Crippen molar-refractivity contribution in [3.05, 3.63) is 22.1 Å². The van der Waals surface area contributed by atoms with Crippen molar-refractivity contribution in [2.45, 2.75) is 61.7 Å². The van der Waals surface area contributed by atoms with Gasteiger partial charge in [0.15, 0.2) is 9.47 Å². The summed E-state index contributed by atoms with van der Waals surface area (Å²) in [7, 11) is 0. The third kappa shape index (κ3) is 8.38. The fourth-order valence-electron chi connectivity index (χ4n) is 3.67. The van der Waals surface area contributed by atoms with Crippen molar-refractivity contribution in [1.82, 2.24) is 35.1 Å². The van der Waals surface area contributed by atoms with Crippen molar-refractivity contribution in [2.24, 2.45) is 5.16 Å². The molecule has 0 spiro atoms. The molecule has 2 aromatic heterocycles. The summed E-state index contributed by atoms with van der Waals surface area (Å²) in [5.74, 6) is -4.06. The third-order valence-corrected chi connectivity index (χ3v) is 9.68. The Bertz CT molecular complexity index is 1570. The molecular formula is C23H27N9O9S4. The van der Waals surface area contributed by atoms with E-state index in [1.807, 2.05) is 0 Å². The number of amides is 3. The number of carbonyl (C=O) groups is 5. The average Bonchev–Trinajstić information content (AvgIpc) is 3.60. The zero-order valence-electron chi connectivity index (χ0n) is 24.0. The summed E-state index contributed by atoms with van der Waals surface area (Å²) in [6.45, 7) is 6.53. The van der Waals surface area contributed by atoms with E-state index in [0.717, 1.165) is 16.4 Å². The molecule has 0 aliphatic carbocycles. The number of β-lactam (4-membered cyclic amide) rings is 1. The van der Waals surface area contributed by atoms with Gasteiger partial charge in [0, 0.05) is 23.0 Å². The van der Waals surface area contributed by atoms with Crippen LogP contribution in [-0.2, 0) is 35.3 Å². The van der Waals surface area contributed by atoms with Crippen molar-refractivity contribution in [1.29, 1.82) is 0 Å². The highest BCUT2D eigenvalue weighted by Gasteiger charge is 2.54. The minimum absolute atomic E-state index is 0.00868. The maximum absolute atomic E-state index is 13.1. The Labute approximate surface area is 271 Å². The second-order valence-electron chi connectivity index (χ2n) is 10.2. The molecule has 0 saturated carbocycles. The lowest BCUT2D eigenvalue weighted by atomic mass is 10.0. The summed E-state index contributed by atoms with van der Waals surface area (Å²) in [6.07, 6.45) is -2.00. The topological polar surface area (TPSA) is 262 Å². The Morgan fingerprint density at radius 1 is 1.24 bits per heavy atom. The van der Waals surface area contributed by atoms with Gasteiger partial charge in [0.25, 0.3) is 11.8 Å². The second kappa shape index (κ2) is 14.0. The van der Waals surface area contributed by atoms with E-state index in [4.69, 9.17) is 20.4 Å². The fraction of sp³-hybridized carbons (Fsp3) is 0.478. The van der Waals surface area contributed by atoms with Crippen LogP contribution in [0.25, 0.3) is 0 Å². The largest absolute Gasteiger partial charge is 0.478 e. The molecule has 18 nitrogen and oxygen atoms in total. The van der Waals surface area contributed by atoms with Crippen molar-refractivity contribution < 1.29 is 43.8 Å². The standard InChI is InChI=1S/C23H27N9O9S4/c1-8(18(35)36)41-30-11(14-27-20(24)45-31-14)15(33)26-12-16(34)32-13(19(37)38)9(6-42-17(12)32)7-43-22-29-28-10(44-22)5-25-21(39)40-23(2,3)4/h8,12,17H,5-7H2,1-4H3,(H,25,39)(H,26,33)(H,35,36)(H,37,38)(H2,24,27,31)/b30-11-/t8?,12?,17-/m1/s1. The van der Waals surface area contributed by atoms with Gasteiger partial charge >= 0.3 is 18.0 Å². The van der Waals surface area contributed by atoms with Crippen molar-refractivity contribution in [3.8, 4) is 0 Å². The summed E-state index contributed by atoms with van der Waals surface area (Å²) in [5, 5.41) is 35.6. The van der Waals surface area contributed by atoms with Crippen LogP contribution in [0.5, 0.6) is 0 Å². The summed E-state index contributed by atoms with van der Waals surface area (Å²) in [5.41, 5.74) is 4.72. The lowest BCUT2D eigenvalue weighted by Gasteiger charge is -2.49. The lowest BCUT2D eigenvalue weighted by molar-refractivity contribution is -0.150. The summed E-state index contributed by atoms with van der Waals surface area (Å²) < 4.78 is 9.62. The first-order valence-corrected chi connectivity index (χ1v) is 16.5. The van der Waals surface area contributed by atoms with Gasteiger partial charge in [0.1, 0.15) is 27.7 Å². The third-order valence-electron chi connectivity index (χ3n) is 5.66. The number of hydrogen-bond acceptors (Lipinski definition) is 17. The second-order valence-corrected chi connectivity index (χ2v) is 14.4. The number of nitrogens with zero attached hydrogens (tertiary/aromatic N) is 6. The molecule has 4 heterocycles. The van der Waals surface area contributed by atoms with Crippen LogP contribution in [-0.4, -0.2) is 105 Å². The Morgan fingerprint density at radius 3 is 2.60 bits per heavy atom. The van der Waals surface area contributed by atoms with Crippen LogP contribution in [0.3, 0.4) is 0 Å². The van der Waals surface area contributed by atoms with Crippen LogP contribution in [0.1, 0.15) is 38.5 Å². The van der Waals surface area contributed by atoms with E-state index >= 15 is 0 Å². The maximum Gasteiger partial charge on any atom is 0.408 e. The number of carbonyl (C=O) groups excluding carboxylic acids is 3. The van der Waals surface area contributed by atoms with E-state index in [0.29, 0.717) is 14.9 Å². The molecule has 0 aromatic carbocycles. The predicted octanol–water partition coefficient (Wildman–Crippen LogP) is 0.721. The van der Waals surface area contributed by atoms with Crippen LogP contribution < -0.4 is 16.4 Å². The molecule has 45 heavy (non-hydrogen) atoms. The molecule has 3 atom stereocenters. The number of nitrogens with two attached hydrogens (primary N) is 1. The van der Waals surface area contributed by atoms with E-state index in [9.17, 15) is 29.1 Å². The average molecular weight is 702 g/mol. The number of carboxylic acid groups (broad SMARTS) is 2. The van der Waals surface area contributed by atoms with Gasteiger partial charge in [-0.1, -0.05) is 28.3 Å². The molecular weight excluding hydrogens is 675 g/mol. The van der Waals surface area contributed by atoms with E-state index in [2.05, 4.69) is 35.3 Å². The Balaban J connectivity index is 1.41. The number of alkyl carbamates (subject to hydrolysis) is 1. The molecule has 242 valence electrons. The number of carboxylic acids is 2. The van der Waals surface area contributed by atoms with Gasteiger partial charge in [0.05, 0.1) is 6.54 Å². The smallest absolute Gasteiger partial charge is 0.408 e. The molecule has 0 radical (unpaired) electrons. The van der Waals surface area contributed by atoms with Crippen molar-refractivity contribution in [3.63, 3.8) is 0 Å². The van der Waals surface area contributed by atoms with E-state index in [1.54, 1.807) is 20.8 Å². The minimum Gasteiger partial charge on any atom is -0.478 e. The van der Waals surface area contributed by atoms with Crippen LogP contribution in [0.15, 0.2) is 20.8 Å². The van der Waals surface area contributed by atoms with Crippen LogP contribution in [0.2, 0.25) is 0 Å². The van der Waals surface area contributed by atoms with E-state index < -0.39 is 58.7 Å². The highest BCUT2D eigenvalue weighted by molar-refractivity contribution is 8.01. The molecule has 0 bridgehead atoms.